The molecular weight excluding hydrogens is 474 g/mol. The van der Waals surface area contributed by atoms with E-state index in [-0.39, 0.29) is 31.0 Å². The van der Waals surface area contributed by atoms with E-state index < -0.39 is 17.5 Å². The predicted molar refractivity (Wildman–Crippen MR) is 134 cm³/mol. The van der Waals surface area contributed by atoms with Gasteiger partial charge in [-0.2, -0.15) is 0 Å². The number of ether oxygens (including phenoxy) is 2. The molecule has 2 aromatic rings. The molecule has 1 spiro atoms. The average molecular weight is 512 g/mol. The number of esters is 2. The third kappa shape index (κ3) is 4.56. The summed E-state index contributed by atoms with van der Waals surface area (Å²) in [5, 5.41) is 0. The van der Waals surface area contributed by atoms with Crippen molar-refractivity contribution in [3.05, 3.63) is 71.8 Å². The molecule has 3 unspecified atom stereocenters. The first-order valence-corrected chi connectivity index (χ1v) is 13.4. The highest BCUT2D eigenvalue weighted by molar-refractivity contribution is 5.89. The molecular formula is C30H38ClNO4. The molecule has 0 aromatic heterocycles. The molecule has 0 radical (unpaired) electrons. The molecule has 5 rings (SSSR count). The number of carbonyl (C=O) groups is 2. The Morgan fingerprint density at radius 1 is 0.861 bits per heavy atom. The second-order valence-electron chi connectivity index (χ2n) is 11.0. The third-order valence-corrected chi connectivity index (χ3v) is 8.53. The monoisotopic (exact) mass is 511 g/mol. The van der Waals surface area contributed by atoms with Gasteiger partial charge in [0.15, 0.2) is 0 Å². The first-order chi connectivity index (χ1) is 17.0. The molecule has 0 amide bonds. The minimum Gasteiger partial charge on any atom is -1.00 e. The van der Waals surface area contributed by atoms with Crippen LogP contribution >= 0.6 is 0 Å². The van der Waals surface area contributed by atoms with Crippen LogP contribution in [0.1, 0.15) is 76.3 Å². The van der Waals surface area contributed by atoms with Crippen LogP contribution in [0.3, 0.4) is 0 Å². The largest absolute Gasteiger partial charge is 1.00 e. The Kier molecular flexibility index (Phi) is 8.11. The summed E-state index contributed by atoms with van der Waals surface area (Å²) in [7, 11) is 0. The van der Waals surface area contributed by atoms with E-state index in [1.165, 1.54) is 32.1 Å². The van der Waals surface area contributed by atoms with Crippen LogP contribution in [0.15, 0.2) is 60.7 Å². The van der Waals surface area contributed by atoms with E-state index in [1.54, 1.807) is 0 Å². The van der Waals surface area contributed by atoms with E-state index in [0.29, 0.717) is 23.2 Å². The highest BCUT2D eigenvalue weighted by Gasteiger charge is 2.60. The van der Waals surface area contributed by atoms with Gasteiger partial charge >= 0.3 is 11.9 Å². The number of benzene rings is 2. The number of carbonyl (C=O) groups excluding carboxylic acids is 2. The molecule has 3 fully saturated rings. The van der Waals surface area contributed by atoms with Crippen LogP contribution in [0, 0.1) is 5.92 Å². The molecule has 3 heterocycles. The van der Waals surface area contributed by atoms with Crippen LogP contribution in [0.2, 0.25) is 0 Å². The van der Waals surface area contributed by atoms with E-state index in [0.717, 1.165) is 23.9 Å². The van der Waals surface area contributed by atoms with Crippen molar-refractivity contribution in [2.45, 2.75) is 89.1 Å². The van der Waals surface area contributed by atoms with Crippen LogP contribution < -0.4 is 12.4 Å². The van der Waals surface area contributed by atoms with E-state index in [4.69, 9.17) is 9.47 Å². The average Bonchev–Trinajstić information content (AvgIpc) is 3.31. The Hall–Kier alpha value is -2.37. The van der Waals surface area contributed by atoms with Crippen molar-refractivity contribution in [3.63, 3.8) is 0 Å². The molecule has 0 saturated carbocycles. The van der Waals surface area contributed by atoms with Gasteiger partial charge in [-0.05, 0) is 25.2 Å². The summed E-state index contributed by atoms with van der Waals surface area (Å²) >= 11 is 0. The van der Waals surface area contributed by atoms with Crippen molar-refractivity contribution >= 4 is 11.9 Å². The molecule has 3 aliphatic rings. The second-order valence-corrected chi connectivity index (χ2v) is 11.0. The summed E-state index contributed by atoms with van der Waals surface area (Å²) in [5.41, 5.74) is -0.380. The Morgan fingerprint density at radius 2 is 1.42 bits per heavy atom. The van der Waals surface area contributed by atoms with Gasteiger partial charge in [-0.1, -0.05) is 74.5 Å². The first-order valence-electron chi connectivity index (χ1n) is 13.4. The van der Waals surface area contributed by atoms with Gasteiger partial charge in [-0.15, -0.1) is 0 Å². The van der Waals surface area contributed by atoms with Gasteiger partial charge in [0.2, 0.25) is 6.23 Å². The lowest BCUT2D eigenvalue weighted by Gasteiger charge is -2.48. The maximum Gasteiger partial charge on any atom is 0.364 e. The summed E-state index contributed by atoms with van der Waals surface area (Å²) in [6.07, 6.45) is 8.18. The summed E-state index contributed by atoms with van der Waals surface area (Å²) < 4.78 is 13.7. The zero-order valence-electron chi connectivity index (χ0n) is 21.4. The van der Waals surface area contributed by atoms with Crippen molar-refractivity contribution < 1.29 is 36.0 Å². The van der Waals surface area contributed by atoms with Crippen molar-refractivity contribution in [2.24, 2.45) is 5.92 Å². The van der Waals surface area contributed by atoms with Gasteiger partial charge < -0.3 is 21.9 Å². The number of halogens is 1. The Morgan fingerprint density at radius 3 is 1.94 bits per heavy atom. The van der Waals surface area contributed by atoms with Gasteiger partial charge in [0.05, 0.1) is 18.6 Å². The number of hydrogen-bond donors (Lipinski definition) is 0. The van der Waals surface area contributed by atoms with Gasteiger partial charge in [-0.3, -0.25) is 9.28 Å². The van der Waals surface area contributed by atoms with E-state index in [2.05, 4.69) is 0 Å². The van der Waals surface area contributed by atoms with Crippen molar-refractivity contribution in [1.29, 1.82) is 0 Å². The molecule has 6 heteroatoms. The highest BCUT2D eigenvalue weighted by Crippen LogP contribution is 2.49. The van der Waals surface area contributed by atoms with E-state index >= 15 is 0 Å². The molecule has 3 atom stereocenters. The van der Waals surface area contributed by atoms with Crippen LogP contribution in [0.5, 0.6) is 0 Å². The Labute approximate surface area is 221 Å². The maximum absolute atomic E-state index is 14.4. The molecule has 0 N–H and O–H groups in total. The lowest BCUT2D eigenvalue weighted by atomic mass is 9.85. The molecule has 3 saturated heterocycles. The number of nitrogens with zero attached hydrogens (tertiary/aromatic N) is 1. The summed E-state index contributed by atoms with van der Waals surface area (Å²) in [5.74, 6) is -0.741. The zero-order valence-corrected chi connectivity index (χ0v) is 22.2. The number of quaternary nitrogens is 1. The van der Waals surface area contributed by atoms with Crippen LogP contribution in [0.25, 0.3) is 0 Å². The summed E-state index contributed by atoms with van der Waals surface area (Å²) in [6.45, 7) is 5.04. The zero-order chi connectivity index (χ0) is 24.5. The molecule has 36 heavy (non-hydrogen) atoms. The molecule has 2 aromatic carbocycles. The Balaban J connectivity index is 0.00000304. The fourth-order valence-corrected chi connectivity index (χ4v) is 7.10. The fraction of sp³-hybridized carbons (Fsp3) is 0.533. The van der Waals surface area contributed by atoms with E-state index in [9.17, 15) is 9.59 Å². The normalized spacial score (nSPS) is 27.0. The maximum atomic E-state index is 14.4. The van der Waals surface area contributed by atoms with Gasteiger partial charge in [0.1, 0.15) is 0 Å². The first kappa shape index (κ1) is 26.7. The molecule has 0 aliphatic carbocycles. The van der Waals surface area contributed by atoms with Crippen LogP contribution in [-0.4, -0.2) is 41.3 Å². The molecule has 5 nitrogen and oxygen atoms in total. The van der Waals surface area contributed by atoms with Crippen molar-refractivity contribution in [3.8, 4) is 0 Å². The number of rotatable bonds is 7. The van der Waals surface area contributed by atoms with E-state index in [1.807, 2.05) is 74.5 Å². The Bertz CT molecular complexity index is 986. The highest BCUT2D eigenvalue weighted by atomic mass is 35.5. The van der Waals surface area contributed by atoms with Crippen LogP contribution in [-0.2, 0) is 24.7 Å². The van der Waals surface area contributed by atoms with Gasteiger partial charge in [-0.25, -0.2) is 4.79 Å². The quantitative estimate of drug-likeness (QED) is 0.424. The van der Waals surface area contributed by atoms with Crippen molar-refractivity contribution in [2.75, 3.05) is 6.54 Å². The minimum atomic E-state index is -1.63. The standard InChI is InChI=1S/C30H38NO4.ClH/c1-22(2)21-28(32)35-30(23-11-5-3-6-12-23,24-13-7-4-8-14-24)29(33)34-27-17-10-20-31(27)25-15-9-16-26(31)19-18-25;/h3-8,11-14,22,25-27H,9-10,15-21H2,1-2H3;1H/q+1;/p-1. The second kappa shape index (κ2) is 10.9. The summed E-state index contributed by atoms with van der Waals surface area (Å²) in [4.78, 5) is 27.5. The van der Waals surface area contributed by atoms with Gasteiger partial charge in [0.25, 0.3) is 5.60 Å². The molecule has 3 aliphatic heterocycles. The smallest absolute Gasteiger partial charge is 0.364 e. The summed E-state index contributed by atoms with van der Waals surface area (Å²) in [6, 6.07) is 19.9. The lowest BCUT2D eigenvalue weighted by molar-refractivity contribution is -0.992. The van der Waals surface area contributed by atoms with Crippen LogP contribution in [0.4, 0.5) is 0 Å². The fourth-order valence-electron chi connectivity index (χ4n) is 7.10. The number of hydrogen-bond acceptors (Lipinski definition) is 4. The lowest BCUT2D eigenvalue weighted by Crippen LogP contribution is -3.00. The van der Waals surface area contributed by atoms with Gasteiger partial charge in [0, 0.05) is 43.2 Å². The van der Waals surface area contributed by atoms with Crippen molar-refractivity contribution in [1.82, 2.24) is 0 Å². The number of piperidine rings is 1. The minimum absolute atomic E-state index is 0. The molecule has 2 bridgehead atoms. The SMILES string of the molecule is CC(C)CC(=O)OC(C(=O)OC1CCC[N+]12C1CCCC2CC1)(c1ccccc1)c1ccccc1.[Cl-]. The molecule has 194 valence electrons. The topological polar surface area (TPSA) is 52.6 Å². The third-order valence-electron chi connectivity index (χ3n) is 8.53. The predicted octanol–water partition coefficient (Wildman–Crippen LogP) is 2.72.